The number of benzene rings is 2. The van der Waals surface area contributed by atoms with Crippen LogP contribution in [0.25, 0.3) is 0 Å². The number of rotatable bonds is 3. The lowest BCUT2D eigenvalue weighted by Gasteiger charge is -2.13. The zero-order valence-electron chi connectivity index (χ0n) is 10.3. The van der Waals surface area contributed by atoms with Gasteiger partial charge < -0.3 is 10.1 Å². The summed E-state index contributed by atoms with van der Waals surface area (Å²) >= 11 is 0. The highest BCUT2D eigenvalue weighted by molar-refractivity contribution is 5.75. The van der Waals surface area contributed by atoms with Gasteiger partial charge in [0.2, 0.25) is 0 Å². The quantitative estimate of drug-likeness (QED) is 0.907. The minimum atomic E-state index is 0.465. The monoisotopic (exact) mass is 249 g/mol. The molecule has 0 unspecified atom stereocenters. The number of hydrogen-bond donors (Lipinski definition) is 1. The summed E-state index contributed by atoms with van der Waals surface area (Å²) in [4.78, 5) is 0. The molecule has 92 valence electrons. The van der Waals surface area contributed by atoms with Crippen LogP contribution in [-0.2, 0) is 0 Å². The zero-order chi connectivity index (χ0) is 13.7. The maximum Gasteiger partial charge on any atom is 0.143 e. The van der Waals surface area contributed by atoms with E-state index in [1.807, 2.05) is 6.07 Å². The van der Waals surface area contributed by atoms with Crippen molar-refractivity contribution in [2.75, 3.05) is 12.4 Å². The molecule has 4 nitrogen and oxygen atoms in total. The molecule has 0 fully saturated rings. The molecule has 0 atom stereocenters. The highest BCUT2D eigenvalue weighted by Crippen LogP contribution is 2.31. The zero-order valence-corrected chi connectivity index (χ0v) is 10.3. The van der Waals surface area contributed by atoms with Gasteiger partial charge in [0.1, 0.15) is 17.9 Å². The van der Waals surface area contributed by atoms with Crippen LogP contribution in [0.5, 0.6) is 5.75 Å². The number of nitriles is 2. The molecule has 0 saturated carbocycles. The van der Waals surface area contributed by atoms with E-state index in [-0.39, 0.29) is 0 Å². The lowest BCUT2D eigenvalue weighted by Crippen LogP contribution is -1.99. The second-order valence-electron chi connectivity index (χ2n) is 3.78. The Hall–Kier alpha value is -2.98. The van der Waals surface area contributed by atoms with Gasteiger partial charge in [-0.05, 0) is 24.3 Å². The van der Waals surface area contributed by atoms with Gasteiger partial charge in [-0.2, -0.15) is 10.5 Å². The summed E-state index contributed by atoms with van der Waals surface area (Å²) in [6.07, 6.45) is 0. The van der Waals surface area contributed by atoms with Gasteiger partial charge in [-0.1, -0.05) is 18.2 Å². The molecule has 4 heteroatoms. The summed E-state index contributed by atoms with van der Waals surface area (Å²) in [6.45, 7) is 0. The molecule has 1 N–H and O–H groups in total. The lowest BCUT2D eigenvalue weighted by molar-refractivity contribution is 0.416. The highest BCUT2D eigenvalue weighted by Gasteiger charge is 2.10. The molecule has 19 heavy (non-hydrogen) atoms. The van der Waals surface area contributed by atoms with E-state index in [1.165, 1.54) is 7.11 Å². The van der Waals surface area contributed by atoms with E-state index in [4.69, 9.17) is 15.3 Å². The first-order valence-electron chi connectivity index (χ1n) is 5.63. The SMILES string of the molecule is COc1cccc(C#N)c1Nc1ccccc1C#N. The van der Waals surface area contributed by atoms with Crippen molar-refractivity contribution in [1.82, 2.24) is 0 Å². The minimum absolute atomic E-state index is 0.465. The molecular weight excluding hydrogens is 238 g/mol. The van der Waals surface area contributed by atoms with E-state index < -0.39 is 0 Å². The first-order chi connectivity index (χ1) is 9.30. The van der Waals surface area contributed by atoms with Gasteiger partial charge in [0.25, 0.3) is 0 Å². The molecular formula is C15H11N3O. The molecule has 0 aliphatic heterocycles. The molecule has 0 amide bonds. The summed E-state index contributed by atoms with van der Waals surface area (Å²) in [5, 5.41) is 21.3. The van der Waals surface area contributed by atoms with Crippen molar-refractivity contribution in [1.29, 1.82) is 10.5 Å². The summed E-state index contributed by atoms with van der Waals surface area (Å²) in [5.41, 5.74) is 2.19. The topological polar surface area (TPSA) is 68.8 Å². The van der Waals surface area contributed by atoms with Crippen LogP contribution >= 0.6 is 0 Å². The lowest BCUT2D eigenvalue weighted by atomic mass is 10.1. The first-order valence-corrected chi connectivity index (χ1v) is 5.63. The number of hydrogen-bond acceptors (Lipinski definition) is 4. The Kier molecular flexibility index (Phi) is 3.66. The minimum Gasteiger partial charge on any atom is -0.495 e. The van der Waals surface area contributed by atoms with Crippen molar-refractivity contribution >= 4 is 11.4 Å². The number of nitrogens with one attached hydrogen (secondary N) is 1. The molecule has 2 aromatic rings. The van der Waals surface area contributed by atoms with Gasteiger partial charge in [-0.25, -0.2) is 0 Å². The summed E-state index contributed by atoms with van der Waals surface area (Å²) in [6, 6.07) is 16.5. The van der Waals surface area contributed by atoms with Crippen LogP contribution in [0.4, 0.5) is 11.4 Å². The van der Waals surface area contributed by atoms with E-state index in [0.29, 0.717) is 28.3 Å². The number of anilines is 2. The Bertz CT molecular complexity index is 681. The second-order valence-corrected chi connectivity index (χ2v) is 3.78. The average Bonchev–Trinajstić information content (AvgIpc) is 2.48. The predicted octanol–water partition coefficient (Wildman–Crippen LogP) is 3.18. The molecule has 2 rings (SSSR count). The number of para-hydroxylation sites is 2. The third-order valence-electron chi connectivity index (χ3n) is 2.67. The Morgan fingerprint density at radius 3 is 2.32 bits per heavy atom. The molecule has 0 spiro atoms. The van der Waals surface area contributed by atoms with E-state index in [2.05, 4.69) is 17.5 Å². The summed E-state index contributed by atoms with van der Waals surface area (Å²) in [5.74, 6) is 0.562. The van der Waals surface area contributed by atoms with Crippen LogP contribution in [0.3, 0.4) is 0 Å². The highest BCUT2D eigenvalue weighted by atomic mass is 16.5. The van der Waals surface area contributed by atoms with Crippen LogP contribution in [-0.4, -0.2) is 7.11 Å². The van der Waals surface area contributed by atoms with E-state index >= 15 is 0 Å². The van der Waals surface area contributed by atoms with E-state index in [9.17, 15) is 0 Å². The fourth-order valence-electron chi connectivity index (χ4n) is 1.75. The molecule has 0 bridgehead atoms. The van der Waals surface area contributed by atoms with Gasteiger partial charge in [-0.3, -0.25) is 0 Å². The smallest absolute Gasteiger partial charge is 0.143 e. The van der Waals surface area contributed by atoms with E-state index in [0.717, 1.165) is 0 Å². The largest absolute Gasteiger partial charge is 0.495 e. The molecule has 0 radical (unpaired) electrons. The van der Waals surface area contributed by atoms with Crippen LogP contribution in [0, 0.1) is 22.7 Å². The summed E-state index contributed by atoms with van der Waals surface area (Å²) < 4.78 is 5.24. The maximum atomic E-state index is 9.13. The van der Waals surface area contributed by atoms with Gasteiger partial charge in [0.15, 0.2) is 0 Å². The molecule has 0 saturated heterocycles. The number of ether oxygens (including phenoxy) is 1. The third kappa shape index (κ3) is 2.48. The first kappa shape index (κ1) is 12.5. The predicted molar refractivity (Wildman–Crippen MR) is 72.1 cm³/mol. The van der Waals surface area contributed by atoms with Gasteiger partial charge >= 0.3 is 0 Å². The fraction of sp³-hybridized carbons (Fsp3) is 0.0667. The standard InChI is InChI=1S/C15H11N3O/c1-19-14-8-4-6-12(10-17)15(14)18-13-7-3-2-5-11(13)9-16/h2-8,18H,1H3. The van der Waals surface area contributed by atoms with Crippen molar-refractivity contribution in [2.24, 2.45) is 0 Å². The third-order valence-corrected chi connectivity index (χ3v) is 2.67. The average molecular weight is 249 g/mol. The van der Waals surface area contributed by atoms with Crippen LogP contribution in [0.2, 0.25) is 0 Å². The Morgan fingerprint density at radius 2 is 1.63 bits per heavy atom. The van der Waals surface area contributed by atoms with E-state index in [1.54, 1.807) is 36.4 Å². The van der Waals surface area contributed by atoms with Gasteiger partial charge in [0, 0.05) is 0 Å². The maximum absolute atomic E-state index is 9.13. The summed E-state index contributed by atoms with van der Waals surface area (Å²) in [7, 11) is 1.54. The van der Waals surface area contributed by atoms with Crippen molar-refractivity contribution in [2.45, 2.75) is 0 Å². The molecule has 0 aromatic heterocycles. The Balaban J connectivity index is 2.50. The van der Waals surface area contributed by atoms with Crippen molar-refractivity contribution in [3.05, 3.63) is 53.6 Å². The molecule has 0 aliphatic carbocycles. The fourth-order valence-corrected chi connectivity index (χ4v) is 1.75. The van der Waals surface area contributed by atoms with Gasteiger partial charge in [0.05, 0.1) is 29.6 Å². The number of nitrogens with zero attached hydrogens (tertiary/aromatic N) is 2. The van der Waals surface area contributed by atoms with Crippen molar-refractivity contribution < 1.29 is 4.74 Å². The normalized spacial score (nSPS) is 9.21. The Morgan fingerprint density at radius 1 is 0.947 bits per heavy atom. The molecule has 0 aliphatic rings. The van der Waals surface area contributed by atoms with Gasteiger partial charge in [-0.15, -0.1) is 0 Å². The number of methoxy groups -OCH3 is 1. The van der Waals surface area contributed by atoms with Crippen LogP contribution < -0.4 is 10.1 Å². The second kappa shape index (κ2) is 5.57. The Labute approximate surface area is 111 Å². The van der Waals surface area contributed by atoms with Crippen molar-refractivity contribution in [3.8, 4) is 17.9 Å². The molecule has 2 aromatic carbocycles. The van der Waals surface area contributed by atoms with Crippen molar-refractivity contribution in [3.63, 3.8) is 0 Å². The van der Waals surface area contributed by atoms with Crippen LogP contribution in [0.1, 0.15) is 11.1 Å². The van der Waals surface area contributed by atoms with Crippen LogP contribution in [0.15, 0.2) is 42.5 Å². The molecule has 0 heterocycles.